The van der Waals surface area contributed by atoms with Crippen LogP contribution in [0.15, 0.2) is 132 Å². The largest absolute Gasteiger partial charge is 0.456 e. The molecule has 0 amide bonds. The van der Waals surface area contributed by atoms with Crippen molar-refractivity contribution >= 4 is 33.6 Å². The van der Waals surface area contributed by atoms with Gasteiger partial charge >= 0.3 is 0 Å². The fourth-order valence-corrected chi connectivity index (χ4v) is 5.91. The van der Waals surface area contributed by atoms with Crippen molar-refractivity contribution in [2.75, 3.05) is 4.90 Å². The van der Waals surface area contributed by atoms with Crippen molar-refractivity contribution in [3.8, 4) is 22.5 Å². The van der Waals surface area contributed by atoms with Crippen molar-refractivity contribution in [2.24, 2.45) is 0 Å². The Balaban J connectivity index is 1.43. The average Bonchev–Trinajstić information content (AvgIpc) is 3.53. The highest BCUT2D eigenvalue weighted by Crippen LogP contribution is 2.52. The first-order valence-electron chi connectivity index (χ1n) is 12.9. The van der Waals surface area contributed by atoms with Crippen LogP contribution in [0.25, 0.3) is 44.5 Å². The fraction of sp³-hybridized carbons (Fsp3) is 0.0588. The molecule has 2 atom stereocenters. The first-order chi connectivity index (χ1) is 18.8. The summed E-state index contributed by atoms with van der Waals surface area (Å²) in [5.41, 5.74) is 8.10. The Labute approximate surface area is 220 Å². The van der Waals surface area contributed by atoms with Gasteiger partial charge in [0.05, 0.1) is 28.5 Å². The molecule has 4 aromatic carbocycles. The monoisotopic (exact) mass is 489 g/mol. The van der Waals surface area contributed by atoms with Crippen molar-refractivity contribution in [3.63, 3.8) is 0 Å². The Bertz CT molecular complexity index is 1830. The van der Waals surface area contributed by atoms with Crippen LogP contribution in [0.2, 0.25) is 0 Å². The lowest BCUT2D eigenvalue weighted by molar-refractivity contribution is 0.669. The number of anilines is 2. The minimum Gasteiger partial charge on any atom is -0.456 e. The molecule has 4 nitrogen and oxygen atoms in total. The topological polar surface area (TPSA) is 42.2 Å². The minimum atomic E-state index is 0.0731. The smallest absolute Gasteiger partial charge is 0.231 e. The maximum absolute atomic E-state index is 6.30. The SMILES string of the molecule is C1=CC2c3ccc4oc5ccccc5c4c3N(c3nc(-c4ccccc4)cc(-c4ccccc4)n3)C2C=C1. The van der Waals surface area contributed by atoms with Gasteiger partial charge in [-0.15, -0.1) is 0 Å². The normalized spacial score (nSPS) is 17.7. The summed E-state index contributed by atoms with van der Waals surface area (Å²) < 4.78 is 6.30. The molecule has 2 aromatic heterocycles. The third-order valence-corrected chi connectivity index (χ3v) is 7.62. The van der Waals surface area contributed by atoms with Gasteiger partial charge in [-0.1, -0.05) is 109 Å². The summed E-state index contributed by atoms with van der Waals surface area (Å²) in [5, 5.41) is 2.22. The number of hydrogen-bond donors (Lipinski definition) is 0. The summed E-state index contributed by atoms with van der Waals surface area (Å²) >= 11 is 0. The summed E-state index contributed by atoms with van der Waals surface area (Å²) in [7, 11) is 0. The van der Waals surface area contributed by atoms with E-state index >= 15 is 0 Å². The first kappa shape index (κ1) is 21.2. The summed E-state index contributed by atoms with van der Waals surface area (Å²) in [6.45, 7) is 0. The van der Waals surface area contributed by atoms with Gasteiger partial charge in [0.15, 0.2) is 0 Å². The van der Waals surface area contributed by atoms with Crippen molar-refractivity contribution < 1.29 is 4.42 Å². The molecule has 2 aliphatic rings. The Hall–Kier alpha value is -4.96. The van der Waals surface area contributed by atoms with E-state index in [1.807, 2.05) is 24.3 Å². The molecule has 0 saturated heterocycles. The molecule has 0 spiro atoms. The minimum absolute atomic E-state index is 0.0731. The third-order valence-electron chi connectivity index (χ3n) is 7.62. The molecule has 0 radical (unpaired) electrons. The number of fused-ring (bicyclic) bond motifs is 7. The van der Waals surface area contributed by atoms with Gasteiger partial charge in [-0.25, -0.2) is 9.97 Å². The molecule has 1 aliphatic heterocycles. The lowest BCUT2D eigenvalue weighted by atomic mass is 9.91. The summed E-state index contributed by atoms with van der Waals surface area (Å²) in [4.78, 5) is 12.7. The van der Waals surface area contributed by atoms with Crippen molar-refractivity contribution in [2.45, 2.75) is 12.0 Å². The van der Waals surface area contributed by atoms with Crippen LogP contribution in [0.1, 0.15) is 11.5 Å². The highest BCUT2D eigenvalue weighted by atomic mass is 16.3. The van der Waals surface area contributed by atoms with Crippen LogP contribution in [0.4, 0.5) is 11.6 Å². The molecular weight excluding hydrogens is 466 g/mol. The first-order valence-corrected chi connectivity index (χ1v) is 12.9. The lowest BCUT2D eigenvalue weighted by Crippen LogP contribution is -2.30. The van der Waals surface area contributed by atoms with Crippen LogP contribution in [0, 0.1) is 0 Å². The van der Waals surface area contributed by atoms with Gasteiger partial charge < -0.3 is 9.32 Å². The molecule has 2 unspecified atom stereocenters. The predicted octanol–water partition coefficient (Wildman–Crippen LogP) is 8.44. The van der Waals surface area contributed by atoms with E-state index in [1.165, 1.54) is 5.56 Å². The predicted molar refractivity (Wildman–Crippen MR) is 154 cm³/mol. The van der Waals surface area contributed by atoms with Gasteiger partial charge in [0, 0.05) is 22.4 Å². The number of allylic oxidation sites excluding steroid dienone is 2. The van der Waals surface area contributed by atoms with E-state index in [-0.39, 0.29) is 12.0 Å². The van der Waals surface area contributed by atoms with Crippen LogP contribution in [0.5, 0.6) is 0 Å². The highest BCUT2D eigenvalue weighted by molar-refractivity contribution is 6.14. The molecule has 180 valence electrons. The second kappa shape index (κ2) is 8.29. The average molecular weight is 490 g/mol. The second-order valence-electron chi connectivity index (χ2n) is 9.80. The summed E-state index contributed by atoms with van der Waals surface area (Å²) in [6, 6.07) is 35.4. The quantitative estimate of drug-likeness (QED) is 0.250. The highest BCUT2D eigenvalue weighted by Gasteiger charge is 2.41. The van der Waals surface area contributed by atoms with Crippen molar-refractivity contribution in [3.05, 3.63) is 133 Å². The van der Waals surface area contributed by atoms with Gasteiger partial charge in [-0.2, -0.15) is 0 Å². The number of benzene rings is 4. The molecule has 38 heavy (non-hydrogen) atoms. The van der Waals surface area contributed by atoms with Crippen molar-refractivity contribution in [1.29, 1.82) is 0 Å². The standard InChI is InChI=1S/C34H23N3O/c1-3-11-22(12-4-1)27-21-28(23-13-5-2-6-14-23)36-34(35-27)37-29-17-9-7-15-24(29)25-19-20-31-32(33(25)37)26-16-8-10-18-30(26)38-31/h1-21,24,29H. The van der Waals surface area contributed by atoms with Gasteiger partial charge in [-0.3, -0.25) is 0 Å². The molecule has 0 bridgehead atoms. The molecule has 6 aromatic rings. The summed E-state index contributed by atoms with van der Waals surface area (Å²) in [6.07, 6.45) is 8.82. The maximum Gasteiger partial charge on any atom is 0.231 e. The summed E-state index contributed by atoms with van der Waals surface area (Å²) in [5.74, 6) is 0.897. The van der Waals surface area contributed by atoms with E-state index in [9.17, 15) is 0 Å². The zero-order chi connectivity index (χ0) is 25.1. The van der Waals surface area contributed by atoms with Crippen LogP contribution in [-0.4, -0.2) is 16.0 Å². The zero-order valence-electron chi connectivity index (χ0n) is 20.5. The maximum atomic E-state index is 6.30. The van der Waals surface area contributed by atoms with E-state index in [4.69, 9.17) is 14.4 Å². The van der Waals surface area contributed by atoms with Gasteiger partial charge in [0.1, 0.15) is 11.2 Å². The Kier molecular flexibility index (Phi) is 4.61. The molecule has 1 aliphatic carbocycles. The third kappa shape index (κ3) is 3.17. The molecule has 0 fully saturated rings. The van der Waals surface area contributed by atoms with Crippen LogP contribution >= 0.6 is 0 Å². The fourth-order valence-electron chi connectivity index (χ4n) is 5.91. The molecule has 0 N–H and O–H groups in total. The van der Waals surface area contributed by atoms with E-state index in [0.717, 1.165) is 50.1 Å². The van der Waals surface area contributed by atoms with E-state index in [1.54, 1.807) is 0 Å². The van der Waals surface area contributed by atoms with E-state index < -0.39 is 0 Å². The van der Waals surface area contributed by atoms with E-state index in [0.29, 0.717) is 5.95 Å². The molecule has 4 heteroatoms. The number of rotatable bonds is 3. The second-order valence-corrected chi connectivity index (χ2v) is 9.80. The van der Waals surface area contributed by atoms with Gasteiger partial charge in [0.25, 0.3) is 0 Å². The van der Waals surface area contributed by atoms with E-state index in [2.05, 4.69) is 108 Å². The number of aromatic nitrogens is 2. The number of para-hydroxylation sites is 1. The Morgan fingerprint density at radius 1 is 0.632 bits per heavy atom. The number of hydrogen-bond acceptors (Lipinski definition) is 4. The molecule has 0 saturated carbocycles. The molecule has 3 heterocycles. The van der Waals surface area contributed by atoms with Gasteiger partial charge in [-0.05, 0) is 23.8 Å². The molecular formula is C34H23N3O. The molecule has 8 rings (SSSR count). The Morgan fingerprint density at radius 2 is 1.29 bits per heavy atom. The van der Waals surface area contributed by atoms with Crippen molar-refractivity contribution in [1.82, 2.24) is 9.97 Å². The van der Waals surface area contributed by atoms with Crippen LogP contribution < -0.4 is 4.90 Å². The number of nitrogens with zero attached hydrogens (tertiary/aromatic N) is 3. The zero-order valence-corrected chi connectivity index (χ0v) is 20.5. The van der Waals surface area contributed by atoms with Gasteiger partial charge in [0.2, 0.25) is 5.95 Å². The van der Waals surface area contributed by atoms with Crippen LogP contribution in [0.3, 0.4) is 0 Å². The number of furan rings is 1. The lowest BCUT2D eigenvalue weighted by Gasteiger charge is -2.27. The Morgan fingerprint density at radius 3 is 2.03 bits per heavy atom. The van der Waals surface area contributed by atoms with Crippen LogP contribution in [-0.2, 0) is 0 Å².